The van der Waals surface area contributed by atoms with Crippen LogP contribution in [0.25, 0.3) is 16.9 Å². The van der Waals surface area contributed by atoms with Gasteiger partial charge in [-0.05, 0) is 60.5 Å². The van der Waals surface area contributed by atoms with E-state index in [4.69, 9.17) is 21.4 Å². The molecule has 9 heteroatoms. The van der Waals surface area contributed by atoms with E-state index in [-0.39, 0.29) is 11.2 Å². The molecule has 1 saturated heterocycles. The van der Waals surface area contributed by atoms with E-state index >= 15 is 0 Å². The molecule has 1 aliphatic rings. The Balaban J connectivity index is 1.37. The molecule has 0 aliphatic carbocycles. The van der Waals surface area contributed by atoms with E-state index in [0.29, 0.717) is 16.6 Å². The summed E-state index contributed by atoms with van der Waals surface area (Å²) < 4.78 is 7.09. The predicted molar refractivity (Wildman–Crippen MR) is 145 cm³/mol. The molecule has 1 atom stereocenters. The van der Waals surface area contributed by atoms with E-state index in [9.17, 15) is 4.79 Å². The molecule has 1 aliphatic heterocycles. The van der Waals surface area contributed by atoms with Gasteiger partial charge >= 0.3 is 0 Å². The molecule has 7 nitrogen and oxygen atoms in total. The number of thioether (sulfide) groups is 1. The first-order valence-corrected chi connectivity index (χ1v) is 12.5. The Bertz CT molecular complexity index is 1420. The van der Waals surface area contributed by atoms with Crippen molar-refractivity contribution >= 4 is 40.7 Å². The van der Waals surface area contributed by atoms with Gasteiger partial charge in [-0.1, -0.05) is 53.7 Å². The van der Waals surface area contributed by atoms with E-state index < -0.39 is 0 Å². The topological polar surface area (TPSA) is 80.9 Å². The molecule has 1 amide bonds. The van der Waals surface area contributed by atoms with Crippen molar-refractivity contribution in [2.24, 2.45) is 10.2 Å². The summed E-state index contributed by atoms with van der Waals surface area (Å²) in [6.45, 7) is 0. The van der Waals surface area contributed by atoms with Gasteiger partial charge in [-0.25, -0.2) is 4.68 Å². The van der Waals surface area contributed by atoms with Crippen LogP contribution in [-0.4, -0.2) is 39.4 Å². The number of benzene rings is 3. The van der Waals surface area contributed by atoms with Crippen LogP contribution in [-0.2, 0) is 11.2 Å². The molecule has 180 valence electrons. The largest absolute Gasteiger partial charge is 0.497 e. The number of carbonyl (C=O) groups excluding carboxylic acids is 1. The highest BCUT2D eigenvalue weighted by atomic mass is 35.5. The fourth-order valence-corrected chi connectivity index (χ4v) is 4.82. The Hall–Kier alpha value is -3.88. The SMILES string of the molecule is COc1ccc(-c2nn(-c3ccccc3)cc2/C=N/N=C2\NC(=O)C(Cc3ccc(Cl)cc3)S2)cc1. The first-order chi connectivity index (χ1) is 17.6. The van der Waals surface area contributed by atoms with Gasteiger partial charge in [0.1, 0.15) is 11.4 Å². The second kappa shape index (κ2) is 10.8. The number of methoxy groups -OCH3 is 1. The van der Waals surface area contributed by atoms with Crippen LogP contribution in [0.5, 0.6) is 5.75 Å². The number of halogens is 1. The maximum Gasteiger partial charge on any atom is 0.239 e. The van der Waals surface area contributed by atoms with Gasteiger partial charge < -0.3 is 10.1 Å². The quantitative estimate of drug-likeness (QED) is 0.265. The third kappa shape index (κ3) is 5.50. The van der Waals surface area contributed by atoms with Gasteiger partial charge in [0.2, 0.25) is 5.91 Å². The molecule has 3 aromatic carbocycles. The molecule has 0 saturated carbocycles. The van der Waals surface area contributed by atoms with Crippen LogP contribution in [0.4, 0.5) is 0 Å². The van der Waals surface area contributed by atoms with Crippen LogP contribution in [0.3, 0.4) is 0 Å². The molecule has 0 radical (unpaired) electrons. The lowest BCUT2D eigenvalue weighted by molar-refractivity contribution is -0.118. The van der Waals surface area contributed by atoms with E-state index in [1.165, 1.54) is 11.8 Å². The minimum absolute atomic E-state index is 0.0836. The molecule has 2 heterocycles. The monoisotopic (exact) mass is 515 g/mol. The highest BCUT2D eigenvalue weighted by Gasteiger charge is 2.30. The summed E-state index contributed by atoms with van der Waals surface area (Å²) in [5, 5.41) is 17.0. The van der Waals surface area contributed by atoms with Crippen molar-refractivity contribution in [3.05, 3.63) is 101 Å². The Morgan fingerprint density at radius 1 is 1.08 bits per heavy atom. The number of amidine groups is 1. The van der Waals surface area contributed by atoms with Gasteiger partial charge in [0.05, 0.1) is 24.3 Å². The van der Waals surface area contributed by atoms with E-state index in [1.54, 1.807) is 13.3 Å². The van der Waals surface area contributed by atoms with Crippen LogP contribution < -0.4 is 10.1 Å². The van der Waals surface area contributed by atoms with Crippen LogP contribution >= 0.6 is 23.4 Å². The van der Waals surface area contributed by atoms with Crippen LogP contribution in [0.15, 0.2) is 95.3 Å². The summed E-state index contributed by atoms with van der Waals surface area (Å²) >= 11 is 7.32. The Labute approximate surface area is 217 Å². The lowest BCUT2D eigenvalue weighted by Crippen LogP contribution is -2.25. The molecule has 0 bridgehead atoms. The third-order valence-corrected chi connectivity index (χ3v) is 6.91. The number of amides is 1. The fraction of sp³-hybridized carbons (Fsp3) is 0.111. The highest BCUT2D eigenvalue weighted by Crippen LogP contribution is 2.26. The lowest BCUT2D eigenvalue weighted by Gasteiger charge is -2.05. The number of hydrogen-bond donors (Lipinski definition) is 1. The number of rotatable bonds is 7. The van der Waals surface area contributed by atoms with Crippen molar-refractivity contribution in [1.29, 1.82) is 0 Å². The molecule has 0 spiro atoms. The number of nitrogens with one attached hydrogen (secondary N) is 1. The van der Waals surface area contributed by atoms with Crippen molar-refractivity contribution in [3.8, 4) is 22.7 Å². The van der Waals surface area contributed by atoms with Gasteiger partial charge in [0.25, 0.3) is 0 Å². The number of carbonyl (C=O) groups is 1. The highest BCUT2D eigenvalue weighted by molar-refractivity contribution is 8.15. The maximum absolute atomic E-state index is 12.4. The van der Waals surface area contributed by atoms with Crippen molar-refractivity contribution in [2.45, 2.75) is 11.7 Å². The number of para-hydroxylation sites is 1. The summed E-state index contributed by atoms with van der Waals surface area (Å²) in [5.41, 5.74) is 4.44. The number of nitrogens with zero attached hydrogens (tertiary/aromatic N) is 4. The molecule has 5 rings (SSSR count). The summed E-state index contributed by atoms with van der Waals surface area (Å²) in [6, 6.07) is 25.0. The lowest BCUT2D eigenvalue weighted by atomic mass is 10.1. The molecule has 1 fully saturated rings. The van der Waals surface area contributed by atoms with Crippen LogP contribution in [0, 0.1) is 0 Å². The standard InChI is InChI=1S/C27H22ClN5O2S/c1-35-23-13-9-19(10-14-23)25-20(17-33(32-25)22-5-3-2-4-6-22)16-29-31-27-30-26(34)24(36-27)15-18-7-11-21(28)12-8-18/h2-14,16-17,24H,15H2,1H3,(H,30,31,34)/b29-16+. The van der Waals surface area contributed by atoms with Crippen molar-refractivity contribution < 1.29 is 9.53 Å². The molecule has 1 N–H and O–H groups in total. The third-order valence-electron chi connectivity index (χ3n) is 5.58. The second-order valence-electron chi connectivity index (χ2n) is 8.02. The summed E-state index contributed by atoms with van der Waals surface area (Å²) in [6.07, 6.45) is 4.14. The number of ether oxygens (including phenoxy) is 1. The van der Waals surface area contributed by atoms with E-state index in [1.807, 2.05) is 89.7 Å². The zero-order chi connectivity index (χ0) is 24.9. The zero-order valence-electron chi connectivity index (χ0n) is 19.3. The second-order valence-corrected chi connectivity index (χ2v) is 9.65. The first-order valence-electron chi connectivity index (χ1n) is 11.2. The van der Waals surface area contributed by atoms with Crippen molar-refractivity contribution in [3.63, 3.8) is 0 Å². The first kappa shape index (κ1) is 23.8. The molecular formula is C27H22ClN5O2S. The summed E-state index contributed by atoms with van der Waals surface area (Å²) in [7, 11) is 1.64. The average molecular weight is 516 g/mol. The van der Waals surface area contributed by atoms with E-state index in [2.05, 4.69) is 15.5 Å². The van der Waals surface area contributed by atoms with Crippen molar-refractivity contribution in [1.82, 2.24) is 15.1 Å². The minimum Gasteiger partial charge on any atom is -0.497 e. The van der Waals surface area contributed by atoms with Gasteiger partial charge in [-0.15, -0.1) is 5.10 Å². The fourth-order valence-electron chi connectivity index (χ4n) is 3.73. The smallest absolute Gasteiger partial charge is 0.239 e. The minimum atomic E-state index is -0.268. The molecule has 1 aromatic heterocycles. The molecule has 1 unspecified atom stereocenters. The Morgan fingerprint density at radius 3 is 2.56 bits per heavy atom. The van der Waals surface area contributed by atoms with Crippen LogP contribution in [0.1, 0.15) is 11.1 Å². The molecule has 36 heavy (non-hydrogen) atoms. The predicted octanol–water partition coefficient (Wildman–Crippen LogP) is 5.37. The Morgan fingerprint density at radius 2 is 1.83 bits per heavy atom. The van der Waals surface area contributed by atoms with Crippen molar-refractivity contribution in [2.75, 3.05) is 7.11 Å². The summed E-state index contributed by atoms with van der Waals surface area (Å²) in [5.74, 6) is 0.685. The number of hydrogen-bond acceptors (Lipinski definition) is 6. The summed E-state index contributed by atoms with van der Waals surface area (Å²) in [4.78, 5) is 12.4. The average Bonchev–Trinajstić information content (AvgIpc) is 3.49. The molecular weight excluding hydrogens is 494 g/mol. The van der Waals surface area contributed by atoms with Gasteiger partial charge in [-0.2, -0.15) is 10.2 Å². The zero-order valence-corrected chi connectivity index (χ0v) is 20.9. The van der Waals surface area contributed by atoms with Gasteiger partial charge in [-0.3, -0.25) is 4.79 Å². The normalized spacial score (nSPS) is 16.6. The van der Waals surface area contributed by atoms with E-state index in [0.717, 1.165) is 33.8 Å². The van der Waals surface area contributed by atoms with Gasteiger partial charge in [0, 0.05) is 22.3 Å². The number of aromatic nitrogens is 2. The van der Waals surface area contributed by atoms with Crippen LogP contribution in [0.2, 0.25) is 5.02 Å². The Kier molecular flexibility index (Phi) is 7.16. The van der Waals surface area contributed by atoms with Gasteiger partial charge in [0.15, 0.2) is 5.17 Å². The maximum atomic E-state index is 12.4. The molecule has 4 aromatic rings.